The number of aromatic amines is 1. The smallest absolute Gasteiger partial charge is 0.255 e. The van der Waals surface area contributed by atoms with E-state index in [-0.39, 0.29) is 23.4 Å². The maximum absolute atomic E-state index is 12.4. The fourth-order valence-electron chi connectivity index (χ4n) is 3.01. The molecular formula is C16H18ClN3O2. The summed E-state index contributed by atoms with van der Waals surface area (Å²) in [5.41, 5.74) is 6.27. The van der Waals surface area contributed by atoms with E-state index >= 15 is 0 Å². The Bertz CT molecular complexity index is 772. The molecule has 5 nitrogen and oxygen atoms in total. The van der Waals surface area contributed by atoms with Crippen molar-refractivity contribution in [2.24, 2.45) is 11.7 Å². The number of nitrogens with one attached hydrogen (secondary N) is 2. The van der Waals surface area contributed by atoms with Crippen molar-refractivity contribution in [1.29, 1.82) is 0 Å². The van der Waals surface area contributed by atoms with Crippen molar-refractivity contribution in [3.63, 3.8) is 0 Å². The van der Waals surface area contributed by atoms with Crippen molar-refractivity contribution in [3.05, 3.63) is 39.8 Å². The molecule has 6 heteroatoms. The van der Waals surface area contributed by atoms with Crippen LogP contribution in [0.1, 0.15) is 25.7 Å². The largest absolute Gasteiger partial charge is 0.329 e. The highest BCUT2D eigenvalue weighted by Gasteiger charge is 2.25. The highest BCUT2D eigenvalue weighted by Crippen LogP contribution is 2.29. The lowest BCUT2D eigenvalue weighted by molar-refractivity contribution is -0.120. The highest BCUT2D eigenvalue weighted by molar-refractivity contribution is 6.34. The minimum Gasteiger partial charge on any atom is -0.329 e. The maximum atomic E-state index is 12.4. The lowest BCUT2D eigenvalue weighted by atomic mass is 9.85. The summed E-state index contributed by atoms with van der Waals surface area (Å²) < 4.78 is 0. The van der Waals surface area contributed by atoms with Crippen molar-refractivity contribution in [3.8, 4) is 0 Å². The van der Waals surface area contributed by atoms with Crippen molar-refractivity contribution < 1.29 is 4.79 Å². The lowest BCUT2D eigenvalue weighted by Gasteiger charge is -2.25. The zero-order valence-corrected chi connectivity index (χ0v) is 12.8. The standard InChI is InChI=1S/C16H18ClN3O2/c17-13-8-12-9(4-5-19-16(12)22)7-14(13)20-15(21)10-2-1-3-11(18)6-10/h4-5,7-8,10-11H,1-3,6,18H2,(H,19,22)(H,20,21)/t10-,11+/m1/s1. The van der Waals surface area contributed by atoms with Crippen molar-refractivity contribution in [1.82, 2.24) is 4.98 Å². The fourth-order valence-corrected chi connectivity index (χ4v) is 3.22. The number of hydrogen-bond donors (Lipinski definition) is 3. The van der Waals surface area contributed by atoms with Gasteiger partial charge in [-0.2, -0.15) is 0 Å². The van der Waals surface area contributed by atoms with Gasteiger partial charge in [-0.15, -0.1) is 0 Å². The van der Waals surface area contributed by atoms with Gasteiger partial charge in [0.25, 0.3) is 5.56 Å². The Morgan fingerprint density at radius 2 is 2.18 bits per heavy atom. The minimum atomic E-state index is -0.199. The van der Waals surface area contributed by atoms with E-state index < -0.39 is 0 Å². The highest BCUT2D eigenvalue weighted by atomic mass is 35.5. The van der Waals surface area contributed by atoms with Gasteiger partial charge in [0.15, 0.2) is 0 Å². The first-order chi connectivity index (χ1) is 10.5. The second-order valence-electron chi connectivity index (χ2n) is 5.84. The van der Waals surface area contributed by atoms with Crippen LogP contribution in [0.3, 0.4) is 0 Å². The predicted octanol–water partition coefficient (Wildman–Crippen LogP) is 2.64. The molecule has 1 aliphatic rings. The Morgan fingerprint density at radius 3 is 2.95 bits per heavy atom. The van der Waals surface area contributed by atoms with Gasteiger partial charge in [0, 0.05) is 23.5 Å². The Balaban J connectivity index is 1.86. The Labute approximate surface area is 132 Å². The number of fused-ring (bicyclic) bond motifs is 1. The van der Waals surface area contributed by atoms with E-state index in [1.807, 2.05) is 0 Å². The van der Waals surface area contributed by atoms with E-state index in [0.717, 1.165) is 24.6 Å². The van der Waals surface area contributed by atoms with Crippen LogP contribution in [0.15, 0.2) is 29.2 Å². The average Bonchev–Trinajstić information content (AvgIpc) is 2.49. The van der Waals surface area contributed by atoms with Gasteiger partial charge in [0.1, 0.15) is 0 Å². The van der Waals surface area contributed by atoms with Crippen molar-refractivity contribution >= 4 is 34.0 Å². The third-order valence-electron chi connectivity index (χ3n) is 4.20. The van der Waals surface area contributed by atoms with Gasteiger partial charge < -0.3 is 16.0 Å². The van der Waals surface area contributed by atoms with Crippen LogP contribution < -0.4 is 16.6 Å². The van der Waals surface area contributed by atoms with Gasteiger partial charge in [0.2, 0.25) is 5.91 Å². The van der Waals surface area contributed by atoms with E-state index in [4.69, 9.17) is 17.3 Å². The molecule has 4 N–H and O–H groups in total. The van der Waals surface area contributed by atoms with E-state index in [1.54, 1.807) is 24.4 Å². The molecule has 0 radical (unpaired) electrons. The van der Waals surface area contributed by atoms with Crippen LogP contribution >= 0.6 is 11.6 Å². The van der Waals surface area contributed by atoms with Gasteiger partial charge in [0.05, 0.1) is 10.7 Å². The molecule has 1 aliphatic carbocycles. The molecule has 1 aromatic carbocycles. The first kappa shape index (κ1) is 15.1. The molecule has 1 fully saturated rings. The number of pyridine rings is 1. The molecule has 0 spiro atoms. The summed E-state index contributed by atoms with van der Waals surface area (Å²) in [5, 5.41) is 4.48. The van der Waals surface area contributed by atoms with Crippen LogP contribution in [0.2, 0.25) is 5.02 Å². The van der Waals surface area contributed by atoms with Gasteiger partial charge in [-0.25, -0.2) is 0 Å². The van der Waals surface area contributed by atoms with Crippen LogP contribution in [0, 0.1) is 5.92 Å². The summed E-state index contributed by atoms with van der Waals surface area (Å²) in [6.45, 7) is 0. The zero-order valence-electron chi connectivity index (χ0n) is 12.1. The summed E-state index contributed by atoms with van der Waals surface area (Å²) >= 11 is 6.19. The predicted molar refractivity (Wildman–Crippen MR) is 88.1 cm³/mol. The molecule has 1 aromatic heterocycles. The molecule has 0 aliphatic heterocycles. The first-order valence-electron chi connectivity index (χ1n) is 7.42. The van der Waals surface area contributed by atoms with Crippen LogP contribution in [0.4, 0.5) is 5.69 Å². The van der Waals surface area contributed by atoms with Crippen LogP contribution in [-0.4, -0.2) is 16.9 Å². The molecule has 22 heavy (non-hydrogen) atoms. The van der Waals surface area contributed by atoms with Gasteiger partial charge in [-0.1, -0.05) is 18.0 Å². The average molecular weight is 320 g/mol. The van der Waals surface area contributed by atoms with Gasteiger partial charge in [-0.3, -0.25) is 9.59 Å². The number of aromatic nitrogens is 1. The minimum absolute atomic E-state index is 0.0544. The normalized spacial score (nSPS) is 21.7. The summed E-state index contributed by atoms with van der Waals surface area (Å²) in [4.78, 5) is 26.7. The maximum Gasteiger partial charge on any atom is 0.255 e. The summed E-state index contributed by atoms with van der Waals surface area (Å²) in [6, 6.07) is 5.18. The molecule has 1 amide bonds. The van der Waals surface area contributed by atoms with Crippen molar-refractivity contribution in [2.75, 3.05) is 5.32 Å². The van der Waals surface area contributed by atoms with E-state index in [2.05, 4.69) is 10.3 Å². The molecule has 0 saturated heterocycles. The fraction of sp³-hybridized carbons (Fsp3) is 0.375. The number of nitrogens with two attached hydrogens (primary N) is 1. The van der Waals surface area contributed by atoms with Gasteiger partial charge >= 0.3 is 0 Å². The third kappa shape index (κ3) is 3.00. The van der Waals surface area contributed by atoms with E-state index in [0.29, 0.717) is 22.5 Å². The van der Waals surface area contributed by atoms with Crippen molar-refractivity contribution in [2.45, 2.75) is 31.7 Å². The lowest BCUT2D eigenvalue weighted by Crippen LogP contribution is -2.34. The molecule has 3 rings (SSSR count). The quantitative estimate of drug-likeness (QED) is 0.795. The van der Waals surface area contributed by atoms with Crippen LogP contribution in [0.5, 0.6) is 0 Å². The second-order valence-corrected chi connectivity index (χ2v) is 6.25. The second kappa shape index (κ2) is 6.10. The molecule has 2 atom stereocenters. The Kier molecular flexibility index (Phi) is 4.18. The number of halogens is 1. The number of rotatable bonds is 2. The number of carbonyl (C=O) groups is 1. The molecular weight excluding hydrogens is 302 g/mol. The summed E-state index contributed by atoms with van der Waals surface area (Å²) in [5.74, 6) is -0.129. The topological polar surface area (TPSA) is 88.0 Å². The Hall–Kier alpha value is -1.85. The number of anilines is 1. The van der Waals surface area contributed by atoms with Gasteiger partial charge in [-0.05, 0) is 42.8 Å². The van der Waals surface area contributed by atoms with E-state index in [9.17, 15) is 9.59 Å². The number of carbonyl (C=O) groups excluding carboxylic acids is 1. The summed E-state index contributed by atoms with van der Waals surface area (Å²) in [6.07, 6.45) is 5.08. The molecule has 116 valence electrons. The summed E-state index contributed by atoms with van der Waals surface area (Å²) in [7, 11) is 0. The number of hydrogen-bond acceptors (Lipinski definition) is 3. The third-order valence-corrected chi connectivity index (χ3v) is 4.52. The first-order valence-corrected chi connectivity index (χ1v) is 7.80. The Morgan fingerprint density at radius 1 is 1.36 bits per heavy atom. The monoisotopic (exact) mass is 319 g/mol. The van der Waals surface area contributed by atoms with E-state index in [1.165, 1.54) is 0 Å². The zero-order chi connectivity index (χ0) is 15.7. The molecule has 1 heterocycles. The van der Waals surface area contributed by atoms with Crippen LogP contribution in [0.25, 0.3) is 10.8 Å². The number of amides is 1. The van der Waals surface area contributed by atoms with Crippen LogP contribution in [-0.2, 0) is 4.79 Å². The molecule has 2 aromatic rings. The number of benzene rings is 1. The SMILES string of the molecule is N[C@H]1CCC[C@@H](C(=O)Nc2cc3cc[nH]c(=O)c3cc2Cl)C1. The molecule has 0 bridgehead atoms. The number of H-pyrrole nitrogens is 1. The molecule has 1 saturated carbocycles. The molecule has 0 unspecified atom stereocenters.